The summed E-state index contributed by atoms with van der Waals surface area (Å²) in [6.45, 7) is 0. The van der Waals surface area contributed by atoms with Crippen LogP contribution in [0.25, 0.3) is 0 Å². The van der Waals surface area contributed by atoms with Crippen molar-refractivity contribution in [1.29, 1.82) is 0 Å². The van der Waals surface area contributed by atoms with Crippen LogP contribution in [0.2, 0.25) is 0 Å². The molecule has 0 fully saturated rings. The number of rotatable bonds is 12. The molecule has 0 spiro atoms. The number of hydrogen-bond donors (Lipinski definition) is 4. The highest BCUT2D eigenvalue weighted by Gasteiger charge is 2.25. The molecule has 0 aromatic heterocycles. The molecule has 6 rings (SSSR count). The number of amides is 4. The minimum Gasteiger partial charge on any atom is -0.493 e. The van der Waals surface area contributed by atoms with Crippen LogP contribution in [0, 0.1) is 0 Å². The van der Waals surface area contributed by atoms with E-state index in [1.165, 1.54) is 58.5 Å². The van der Waals surface area contributed by atoms with E-state index in [2.05, 4.69) is 31.0 Å². The lowest BCUT2D eigenvalue weighted by molar-refractivity contribution is -0.134. The molecule has 0 saturated heterocycles. The molecule has 0 bridgehead atoms. The molecule has 4 aromatic carbocycles. The number of ether oxygens (including phenoxy) is 6. The second kappa shape index (κ2) is 20.3. The molecular weight excluding hydrogens is 805 g/mol. The summed E-state index contributed by atoms with van der Waals surface area (Å²) in [5.41, 5.74) is 9.15. The average molecular weight is 847 g/mol. The summed E-state index contributed by atoms with van der Waals surface area (Å²) in [6, 6.07) is 22.2. The van der Waals surface area contributed by atoms with Crippen LogP contribution in [0.1, 0.15) is 56.8 Å². The van der Waals surface area contributed by atoms with Crippen LogP contribution in [-0.4, -0.2) is 74.4 Å². The standard InChI is InChI=1S/C44H42N6O12/c1-57-35-19-13-29(25-37(35)59-3)33-7-5-23-49(47-33)41(53)27-9-15-31(16-10-27)45-43(55)61-39(51)21-22-40(52)62-44(56)46-32-17-11-28(12-18-32)42(54)50-24-6-8-34(48-50)30-14-20-36(58-2)38(26-30)60-4/h5-6,9-26,33-34,47-48H,7-8H2,1-4H3,(H,45,55)(H,46,56)/b22-21+. The molecule has 18 heteroatoms. The molecular formula is C44H42N6O12. The third-order valence-corrected chi connectivity index (χ3v) is 9.40. The smallest absolute Gasteiger partial charge is 0.419 e. The van der Waals surface area contributed by atoms with Crippen LogP contribution in [0.3, 0.4) is 0 Å². The Kier molecular flexibility index (Phi) is 14.3. The fourth-order valence-corrected chi connectivity index (χ4v) is 6.29. The van der Waals surface area contributed by atoms with E-state index in [0.29, 0.717) is 59.1 Å². The molecule has 4 aromatic rings. The van der Waals surface area contributed by atoms with E-state index in [-0.39, 0.29) is 35.3 Å². The lowest BCUT2D eigenvalue weighted by Gasteiger charge is -2.30. The summed E-state index contributed by atoms with van der Waals surface area (Å²) in [7, 11) is 6.19. The van der Waals surface area contributed by atoms with E-state index in [1.807, 2.05) is 36.4 Å². The first-order valence-electron chi connectivity index (χ1n) is 18.9. The Morgan fingerprint density at radius 1 is 0.532 bits per heavy atom. The minimum atomic E-state index is -1.23. The molecule has 0 saturated carbocycles. The molecule has 0 aliphatic carbocycles. The summed E-state index contributed by atoms with van der Waals surface area (Å²) in [6.07, 6.45) is 7.07. The Morgan fingerprint density at radius 2 is 0.903 bits per heavy atom. The number of methoxy groups -OCH3 is 4. The lowest BCUT2D eigenvalue weighted by Crippen LogP contribution is -2.43. The van der Waals surface area contributed by atoms with Gasteiger partial charge in [-0.25, -0.2) is 40.0 Å². The number of nitrogens with one attached hydrogen (secondary N) is 4. The molecule has 4 amide bonds. The van der Waals surface area contributed by atoms with Crippen LogP contribution in [-0.2, 0) is 19.1 Å². The molecule has 0 radical (unpaired) electrons. The molecule has 4 N–H and O–H groups in total. The zero-order valence-electron chi connectivity index (χ0n) is 33.9. The average Bonchev–Trinajstić information content (AvgIpc) is 3.30. The van der Waals surface area contributed by atoms with Gasteiger partial charge >= 0.3 is 24.1 Å². The highest BCUT2D eigenvalue weighted by molar-refractivity contribution is 6.02. The van der Waals surface area contributed by atoms with Crippen LogP contribution in [0.15, 0.2) is 122 Å². The Morgan fingerprint density at radius 3 is 1.26 bits per heavy atom. The van der Waals surface area contributed by atoms with Gasteiger partial charge in [0.25, 0.3) is 11.8 Å². The Hall–Kier alpha value is -7.96. The van der Waals surface area contributed by atoms with Crippen LogP contribution in [0.4, 0.5) is 21.0 Å². The Labute approximate surface area is 355 Å². The van der Waals surface area contributed by atoms with Crippen LogP contribution < -0.4 is 40.4 Å². The Bertz CT molecular complexity index is 2250. The van der Waals surface area contributed by atoms with Crippen molar-refractivity contribution in [2.24, 2.45) is 0 Å². The second-order valence-corrected chi connectivity index (χ2v) is 13.3. The summed E-state index contributed by atoms with van der Waals surface area (Å²) in [4.78, 5) is 75.5. The van der Waals surface area contributed by atoms with Crippen LogP contribution in [0.5, 0.6) is 23.0 Å². The van der Waals surface area contributed by atoms with Gasteiger partial charge in [-0.05, 0) is 96.8 Å². The highest BCUT2D eigenvalue weighted by atomic mass is 16.6. The number of hydrazine groups is 2. The van der Waals surface area contributed by atoms with Gasteiger partial charge in [-0.3, -0.25) is 20.2 Å². The molecule has 320 valence electrons. The number of benzene rings is 4. The largest absolute Gasteiger partial charge is 0.493 e. The maximum absolute atomic E-state index is 13.2. The van der Waals surface area contributed by atoms with Crippen molar-refractivity contribution < 1.29 is 57.2 Å². The SMILES string of the molecule is COc1ccc(C2CC=CN(C(=O)c3ccc(NC(=O)OC(=O)/C=C/C(=O)OC(=O)Nc4ccc(C(=O)N5C=CCC(c6ccc(OC)c(OC)c6)N5)cc4)cc3)N2)cc1OC. The van der Waals surface area contributed by atoms with Gasteiger partial charge < -0.3 is 28.4 Å². The summed E-state index contributed by atoms with van der Waals surface area (Å²) >= 11 is 0. The predicted molar refractivity (Wildman–Crippen MR) is 223 cm³/mol. The van der Waals surface area contributed by atoms with Crippen LogP contribution >= 0.6 is 0 Å². The van der Waals surface area contributed by atoms with Gasteiger partial charge in [0, 0.05) is 47.1 Å². The van der Waals surface area contributed by atoms with Crippen molar-refractivity contribution in [2.45, 2.75) is 24.9 Å². The first kappa shape index (κ1) is 43.6. The number of hydrogen-bond acceptors (Lipinski definition) is 14. The molecule has 62 heavy (non-hydrogen) atoms. The van der Waals surface area contributed by atoms with Gasteiger partial charge in [-0.1, -0.05) is 24.3 Å². The summed E-state index contributed by atoms with van der Waals surface area (Å²) in [5, 5.41) is 7.40. The van der Waals surface area contributed by atoms with Crippen molar-refractivity contribution in [3.05, 3.63) is 144 Å². The Balaban J connectivity index is 0.921. The number of nitrogens with zero attached hydrogens (tertiary/aromatic N) is 2. The van der Waals surface area contributed by atoms with E-state index < -0.39 is 24.1 Å². The zero-order chi connectivity index (χ0) is 44.2. The van der Waals surface area contributed by atoms with E-state index >= 15 is 0 Å². The van der Waals surface area contributed by atoms with E-state index in [1.54, 1.807) is 53.0 Å². The highest BCUT2D eigenvalue weighted by Crippen LogP contribution is 2.33. The van der Waals surface area contributed by atoms with Gasteiger partial charge in [-0.15, -0.1) is 0 Å². The molecule has 2 aliphatic heterocycles. The van der Waals surface area contributed by atoms with Crippen molar-refractivity contribution in [3.63, 3.8) is 0 Å². The fraction of sp³-hybridized carbons (Fsp3) is 0.182. The maximum Gasteiger partial charge on any atom is 0.419 e. The minimum absolute atomic E-state index is 0.210. The van der Waals surface area contributed by atoms with Crippen molar-refractivity contribution >= 4 is 47.3 Å². The fourth-order valence-electron chi connectivity index (χ4n) is 6.29. The van der Waals surface area contributed by atoms with Gasteiger partial charge in [0.1, 0.15) is 0 Å². The van der Waals surface area contributed by atoms with E-state index in [0.717, 1.165) is 11.1 Å². The number of carbonyl (C=O) groups excluding carboxylic acids is 6. The monoisotopic (exact) mass is 846 g/mol. The van der Waals surface area contributed by atoms with Gasteiger partial charge in [-0.2, -0.15) is 0 Å². The molecule has 2 aliphatic rings. The molecule has 2 unspecified atom stereocenters. The van der Waals surface area contributed by atoms with Crippen molar-refractivity contribution in [2.75, 3.05) is 39.1 Å². The molecule has 18 nitrogen and oxygen atoms in total. The number of anilines is 2. The van der Waals surface area contributed by atoms with E-state index in [4.69, 9.17) is 18.9 Å². The van der Waals surface area contributed by atoms with Crippen molar-refractivity contribution in [3.8, 4) is 23.0 Å². The normalized spacial score (nSPS) is 15.6. The molecule has 2 atom stereocenters. The van der Waals surface area contributed by atoms with E-state index in [9.17, 15) is 28.8 Å². The summed E-state index contributed by atoms with van der Waals surface area (Å²) in [5.74, 6) is -0.898. The number of carbonyl (C=O) groups is 6. The maximum atomic E-state index is 13.2. The first-order valence-corrected chi connectivity index (χ1v) is 18.9. The first-order chi connectivity index (χ1) is 30.0. The topological polar surface area (TPSA) is 212 Å². The second-order valence-electron chi connectivity index (χ2n) is 13.3. The zero-order valence-corrected chi connectivity index (χ0v) is 33.9. The van der Waals surface area contributed by atoms with Crippen molar-refractivity contribution in [1.82, 2.24) is 20.9 Å². The lowest BCUT2D eigenvalue weighted by atomic mass is 10.0. The third kappa shape index (κ3) is 11.0. The quantitative estimate of drug-likeness (QED) is 0.0697. The van der Waals surface area contributed by atoms with Gasteiger partial charge in [0.2, 0.25) is 0 Å². The van der Waals surface area contributed by atoms with Gasteiger partial charge in [0.05, 0.1) is 40.5 Å². The van der Waals surface area contributed by atoms with Gasteiger partial charge in [0.15, 0.2) is 23.0 Å². The number of esters is 2. The predicted octanol–water partition coefficient (Wildman–Crippen LogP) is 6.34. The third-order valence-electron chi connectivity index (χ3n) is 9.40. The molecule has 2 heterocycles. The summed E-state index contributed by atoms with van der Waals surface area (Å²) < 4.78 is 30.7.